The predicted octanol–water partition coefficient (Wildman–Crippen LogP) is 1.73. The summed E-state index contributed by atoms with van der Waals surface area (Å²) in [6, 6.07) is 1.50. The molecule has 0 saturated heterocycles. The Morgan fingerprint density at radius 3 is 2.81 bits per heavy atom. The van der Waals surface area contributed by atoms with Crippen molar-refractivity contribution >= 4 is 18.3 Å². The van der Waals surface area contributed by atoms with E-state index in [1.165, 1.54) is 12.5 Å². The van der Waals surface area contributed by atoms with Gasteiger partial charge in [0, 0.05) is 12.5 Å². The fraction of sp³-hybridized carbons (Fsp3) is 0.462. The normalized spacial score (nSPS) is 13.3. The van der Waals surface area contributed by atoms with Gasteiger partial charge in [0.05, 0.1) is 11.8 Å². The lowest BCUT2D eigenvalue weighted by molar-refractivity contribution is 0.0932. The minimum atomic E-state index is -0.358. The minimum Gasteiger partial charge on any atom is -0.472 e. The van der Waals surface area contributed by atoms with E-state index in [0.717, 1.165) is 0 Å². The zero-order valence-electron chi connectivity index (χ0n) is 12.1. The second-order valence-electron chi connectivity index (χ2n) is 4.65. The molecule has 2 atom stereocenters. The Balaban J connectivity index is 0.00000220. The van der Waals surface area contributed by atoms with E-state index >= 15 is 0 Å². The molecule has 1 amide bonds. The topological polar surface area (TPSA) is 93.2 Å². The molecular formula is C13H19ClN4O3. The van der Waals surface area contributed by atoms with Crippen molar-refractivity contribution in [2.45, 2.75) is 32.4 Å². The number of nitrogens with zero attached hydrogens (tertiary/aromatic N) is 2. The third-order valence-corrected chi connectivity index (χ3v) is 2.97. The zero-order valence-corrected chi connectivity index (χ0v) is 12.9. The first-order valence-electron chi connectivity index (χ1n) is 6.43. The van der Waals surface area contributed by atoms with E-state index in [-0.39, 0.29) is 30.4 Å². The van der Waals surface area contributed by atoms with Crippen LogP contribution >= 0.6 is 12.4 Å². The number of carbonyl (C=O) groups is 1. The fourth-order valence-corrected chi connectivity index (χ4v) is 1.64. The first-order chi connectivity index (χ1) is 9.60. The van der Waals surface area contributed by atoms with E-state index in [9.17, 15) is 4.79 Å². The number of aromatic nitrogens is 2. The molecule has 0 spiro atoms. The molecule has 0 aliphatic carbocycles. The molecule has 0 aliphatic heterocycles. The van der Waals surface area contributed by atoms with Gasteiger partial charge in [0.25, 0.3) is 5.91 Å². The van der Waals surface area contributed by atoms with Crippen LogP contribution in [-0.4, -0.2) is 29.1 Å². The van der Waals surface area contributed by atoms with Gasteiger partial charge in [-0.2, -0.15) is 4.98 Å². The zero-order chi connectivity index (χ0) is 14.5. The van der Waals surface area contributed by atoms with Crippen molar-refractivity contribution in [1.29, 1.82) is 0 Å². The van der Waals surface area contributed by atoms with Crippen LogP contribution in [0, 0.1) is 0 Å². The molecule has 2 N–H and O–H groups in total. The molecule has 21 heavy (non-hydrogen) atoms. The lowest BCUT2D eigenvalue weighted by atomic mass is 10.2. The summed E-state index contributed by atoms with van der Waals surface area (Å²) in [6.07, 6.45) is 3.50. The molecule has 0 saturated carbocycles. The van der Waals surface area contributed by atoms with Gasteiger partial charge < -0.3 is 19.6 Å². The lowest BCUT2D eigenvalue weighted by Gasteiger charge is -2.08. The molecule has 2 aromatic rings. The van der Waals surface area contributed by atoms with E-state index in [1.54, 1.807) is 13.0 Å². The molecule has 8 heteroatoms. The van der Waals surface area contributed by atoms with Crippen molar-refractivity contribution in [3.8, 4) is 0 Å². The van der Waals surface area contributed by atoms with Gasteiger partial charge in [0.1, 0.15) is 12.3 Å². The van der Waals surface area contributed by atoms with E-state index in [0.29, 0.717) is 23.7 Å². The maximum atomic E-state index is 11.8. The smallest absolute Gasteiger partial charge is 0.255 e. The van der Waals surface area contributed by atoms with Gasteiger partial charge in [0.15, 0.2) is 5.82 Å². The number of furan rings is 1. The number of rotatable bonds is 6. The quantitative estimate of drug-likeness (QED) is 0.843. The number of likely N-dealkylation sites (N-methyl/N-ethyl adjacent to an activating group) is 1. The molecule has 116 valence electrons. The highest BCUT2D eigenvalue weighted by Gasteiger charge is 2.18. The van der Waals surface area contributed by atoms with Gasteiger partial charge in [-0.1, -0.05) is 5.16 Å². The first-order valence-corrected chi connectivity index (χ1v) is 6.43. The highest BCUT2D eigenvalue weighted by molar-refractivity contribution is 5.93. The average molecular weight is 315 g/mol. The molecule has 2 rings (SSSR count). The molecule has 0 aromatic carbocycles. The number of hydrogen-bond donors (Lipinski definition) is 2. The van der Waals surface area contributed by atoms with Crippen molar-refractivity contribution in [2.75, 3.05) is 7.05 Å². The number of hydrogen-bond acceptors (Lipinski definition) is 6. The van der Waals surface area contributed by atoms with Crippen LogP contribution in [-0.2, 0) is 6.42 Å². The molecule has 0 fully saturated rings. The lowest BCUT2D eigenvalue weighted by Crippen LogP contribution is -2.26. The molecule has 2 aromatic heterocycles. The second-order valence-corrected chi connectivity index (χ2v) is 4.65. The van der Waals surface area contributed by atoms with Gasteiger partial charge in [-0.05, 0) is 27.0 Å². The number of halogens is 1. The first kappa shape index (κ1) is 17.2. The summed E-state index contributed by atoms with van der Waals surface area (Å²) in [5.74, 6) is 0.765. The van der Waals surface area contributed by atoms with Crippen LogP contribution in [0.5, 0.6) is 0 Å². The van der Waals surface area contributed by atoms with Crippen molar-refractivity contribution in [3.05, 3.63) is 35.9 Å². The van der Waals surface area contributed by atoms with Crippen LogP contribution in [0.2, 0.25) is 0 Å². The molecule has 0 radical (unpaired) electrons. The van der Waals surface area contributed by atoms with Gasteiger partial charge in [-0.3, -0.25) is 4.79 Å². The van der Waals surface area contributed by atoms with Gasteiger partial charge in [-0.25, -0.2) is 0 Å². The maximum absolute atomic E-state index is 11.8. The van der Waals surface area contributed by atoms with Crippen LogP contribution in [0.25, 0.3) is 0 Å². The van der Waals surface area contributed by atoms with Crippen molar-refractivity contribution in [3.63, 3.8) is 0 Å². The van der Waals surface area contributed by atoms with Crippen LogP contribution < -0.4 is 10.6 Å². The summed E-state index contributed by atoms with van der Waals surface area (Å²) in [5, 5.41) is 9.77. The van der Waals surface area contributed by atoms with Gasteiger partial charge in [-0.15, -0.1) is 12.4 Å². The van der Waals surface area contributed by atoms with Crippen LogP contribution in [0.1, 0.15) is 42.0 Å². The molecular weight excluding hydrogens is 296 g/mol. The third-order valence-electron chi connectivity index (χ3n) is 2.97. The highest BCUT2D eigenvalue weighted by atomic mass is 35.5. The van der Waals surface area contributed by atoms with Gasteiger partial charge in [0.2, 0.25) is 5.89 Å². The second kappa shape index (κ2) is 7.80. The summed E-state index contributed by atoms with van der Waals surface area (Å²) in [5.41, 5.74) is 0.459. The Labute approximate surface area is 128 Å². The molecule has 0 aliphatic rings. The monoisotopic (exact) mass is 314 g/mol. The number of carbonyl (C=O) groups excluding carboxylic acids is 1. The number of amides is 1. The summed E-state index contributed by atoms with van der Waals surface area (Å²) in [7, 11) is 1.87. The standard InChI is InChI=1S/C13H18N4O3.ClH/c1-8(14-3)6-11-16-13(20-17-11)9(2)15-12(18)10-4-5-19-7-10;/h4-5,7-9,14H,6H2,1-3H3,(H,15,18);1H. The van der Waals surface area contributed by atoms with Crippen molar-refractivity contribution in [1.82, 2.24) is 20.8 Å². The SMILES string of the molecule is CNC(C)Cc1noc(C(C)NC(=O)c2ccoc2)n1.Cl. The summed E-state index contributed by atoms with van der Waals surface area (Å²) < 4.78 is 10.0. The number of nitrogens with one attached hydrogen (secondary N) is 2. The Hall–Kier alpha value is -1.86. The Bertz CT molecular complexity index is 556. The van der Waals surface area contributed by atoms with E-state index in [4.69, 9.17) is 8.94 Å². The summed E-state index contributed by atoms with van der Waals surface area (Å²) in [6.45, 7) is 3.82. The molecule has 2 heterocycles. The Kier molecular flexibility index (Phi) is 6.39. The largest absolute Gasteiger partial charge is 0.472 e. The predicted molar refractivity (Wildman–Crippen MR) is 78.4 cm³/mol. The van der Waals surface area contributed by atoms with Crippen LogP contribution in [0.15, 0.2) is 27.5 Å². The van der Waals surface area contributed by atoms with Gasteiger partial charge >= 0.3 is 0 Å². The Morgan fingerprint density at radius 2 is 2.19 bits per heavy atom. The van der Waals surface area contributed by atoms with Crippen molar-refractivity contribution in [2.24, 2.45) is 0 Å². The van der Waals surface area contributed by atoms with Crippen molar-refractivity contribution < 1.29 is 13.7 Å². The molecule has 0 bridgehead atoms. The van der Waals surface area contributed by atoms with Crippen LogP contribution in [0.4, 0.5) is 0 Å². The third kappa shape index (κ3) is 4.57. The Morgan fingerprint density at radius 1 is 1.43 bits per heavy atom. The molecule has 7 nitrogen and oxygen atoms in total. The van der Waals surface area contributed by atoms with E-state index < -0.39 is 0 Å². The average Bonchev–Trinajstić information content (AvgIpc) is 3.09. The molecule has 2 unspecified atom stereocenters. The highest BCUT2D eigenvalue weighted by Crippen LogP contribution is 2.12. The van der Waals surface area contributed by atoms with E-state index in [2.05, 4.69) is 20.8 Å². The van der Waals surface area contributed by atoms with E-state index in [1.807, 2.05) is 14.0 Å². The summed E-state index contributed by atoms with van der Waals surface area (Å²) >= 11 is 0. The maximum Gasteiger partial charge on any atom is 0.255 e. The minimum absolute atomic E-state index is 0. The fourth-order valence-electron chi connectivity index (χ4n) is 1.64. The summed E-state index contributed by atoms with van der Waals surface area (Å²) in [4.78, 5) is 16.1. The van der Waals surface area contributed by atoms with Crippen LogP contribution in [0.3, 0.4) is 0 Å².